The lowest BCUT2D eigenvalue weighted by Gasteiger charge is -2.19. The lowest BCUT2D eigenvalue weighted by molar-refractivity contribution is 0.102. The molecule has 0 atom stereocenters. The maximum atomic E-state index is 12.6. The van der Waals surface area contributed by atoms with Gasteiger partial charge in [-0.05, 0) is 59.4 Å². The van der Waals surface area contributed by atoms with E-state index in [1.807, 2.05) is 54.6 Å². The average molecular weight is 354 g/mol. The van der Waals surface area contributed by atoms with E-state index in [2.05, 4.69) is 42.9 Å². The second-order valence-corrected chi connectivity index (χ2v) is 7.33. The molecule has 1 aromatic heterocycles. The van der Waals surface area contributed by atoms with Gasteiger partial charge in [0.1, 0.15) is 5.69 Å². The molecular weight excluding hydrogens is 332 g/mol. The fourth-order valence-electron chi connectivity index (χ4n) is 2.57. The van der Waals surface area contributed by atoms with E-state index in [1.54, 1.807) is 18.3 Å². The summed E-state index contributed by atoms with van der Waals surface area (Å²) >= 11 is 0. The molecule has 0 saturated carbocycles. The Bertz CT molecular complexity index is 988. The lowest BCUT2D eigenvalue weighted by atomic mass is 9.87. The Balaban J connectivity index is 1.73. The van der Waals surface area contributed by atoms with Crippen LogP contribution in [0.25, 0.3) is 0 Å². The molecule has 0 bridgehead atoms. The van der Waals surface area contributed by atoms with Crippen LogP contribution in [0.4, 0.5) is 5.69 Å². The number of benzene rings is 2. The molecular formula is C24H22N2O. The third kappa shape index (κ3) is 5.05. The van der Waals surface area contributed by atoms with Crippen molar-refractivity contribution in [2.75, 3.05) is 5.32 Å². The first-order valence-electron chi connectivity index (χ1n) is 8.87. The van der Waals surface area contributed by atoms with Gasteiger partial charge in [-0.3, -0.25) is 4.79 Å². The van der Waals surface area contributed by atoms with E-state index in [0.29, 0.717) is 11.3 Å². The highest BCUT2D eigenvalue weighted by Gasteiger charge is 2.13. The Hall–Kier alpha value is -3.38. The number of carbonyl (C=O) groups excluding carboxylic acids is 1. The Kier molecular flexibility index (Phi) is 5.38. The van der Waals surface area contributed by atoms with Gasteiger partial charge in [-0.1, -0.05) is 51.0 Å². The highest BCUT2D eigenvalue weighted by atomic mass is 16.1. The zero-order valence-electron chi connectivity index (χ0n) is 15.8. The van der Waals surface area contributed by atoms with Gasteiger partial charge in [0.15, 0.2) is 0 Å². The van der Waals surface area contributed by atoms with Crippen molar-refractivity contribution in [3.05, 3.63) is 95.3 Å². The fraction of sp³-hybridized carbons (Fsp3) is 0.167. The van der Waals surface area contributed by atoms with E-state index in [9.17, 15) is 4.79 Å². The third-order valence-corrected chi connectivity index (χ3v) is 4.13. The van der Waals surface area contributed by atoms with E-state index in [1.165, 1.54) is 5.56 Å². The number of carbonyl (C=O) groups is 1. The molecule has 0 unspecified atom stereocenters. The van der Waals surface area contributed by atoms with Crippen LogP contribution in [0.15, 0.2) is 72.9 Å². The van der Waals surface area contributed by atoms with Crippen molar-refractivity contribution >= 4 is 11.6 Å². The van der Waals surface area contributed by atoms with Crippen LogP contribution in [0.5, 0.6) is 0 Å². The largest absolute Gasteiger partial charge is 0.322 e. The van der Waals surface area contributed by atoms with Gasteiger partial charge in [-0.15, -0.1) is 0 Å². The molecule has 0 spiro atoms. The summed E-state index contributed by atoms with van der Waals surface area (Å²) in [6.45, 7) is 6.49. The number of nitrogens with zero attached hydrogens (tertiary/aromatic N) is 1. The molecule has 1 heterocycles. The summed E-state index contributed by atoms with van der Waals surface area (Å²) in [6.07, 6.45) is 1.71. The van der Waals surface area contributed by atoms with Crippen molar-refractivity contribution in [1.82, 2.24) is 4.98 Å². The number of hydrogen-bond acceptors (Lipinski definition) is 2. The van der Waals surface area contributed by atoms with Crippen molar-refractivity contribution in [3.63, 3.8) is 0 Å². The molecule has 0 radical (unpaired) electrons. The molecule has 0 aliphatic carbocycles. The van der Waals surface area contributed by atoms with Gasteiger partial charge in [0.2, 0.25) is 0 Å². The van der Waals surface area contributed by atoms with Gasteiger partial charge in [0, 0.05) is 23.0 Å². The molecule has 27 heavy (non-hydrogen) atoms. The Labute approximate surface area is 160 Å². The topological polar surface area (TPSA) is 42.0 Å². The number of rotatable bonds is 2. The summed E-state index contributed by atoms with van der Waals surface area (Å²) in [7, 11) is 0. The molecule has 3 rings (SSSR count). The van der Waals surface area contributed by atoms with Gasteiger partial charge < -0.3 is 5.32 Å². The molecule has 3 aromatic rings. The highest BCUT2D eigenvalue weighted by molar-refractivity contribution is 6.04. The van der Waals surface area contributed by atoms with Crippen LogP contribution in [0.3, 0.4) is 0 Å². The molecule has 1 N–H and O–H groups in total. The summed E-state index contributed by atoms with van der Waals surface area (Å²) < 4.78 is 0. The Morgan fingerprint density at radius 3 is 2.37 bits per heavy atom. The van der Waals surface area contributed by atoms with E-state index in [-0.39, 0.29) is 11.3 Å². The van der Waals surface area contributed by atoms with Gasteiger partial charge in [0.05, 0.1) is 0 Å². The molecule has 0 fully saturated rings. The number of pyridine rings is 1. The van der Waals surface area contributed by atoms with Crippen LogP contribution in [-0.2, 0) is 5.41 Å². The number of anilines is 1. The van der Waals surface area contributed by atoms with Gasteiger partial charge in [-0.2, -0.15) is 0 Å². The summed E-state index contributed by atoms with van der Waals surface area (Å²) in [5.74, 6) is 5.90. The van der Waals surface area contributed by atoms with E-state index in [4.69, 9.17) is 0 Å². The first-order valence-corrected chi connectivity index (χ1v) is 8.87. The molecule has 0 aliphatic heterocycles. The minimum Gasteiger partial charge on any atom is -0.322 e. The minimum absolute atomic E-state index is 0.0865. The molecule has 134 valence electrons. The van der Waals surface area contributed by atoms with Gasteiger partial charge in [-0.25, -0.2) is 4.98 Å². The van der Waals surface area contributed by atoms with Gasteiger partial charge in [0.25, 0.3) is 5.91 Å². The van der Waals surface area contributed by atoms with Crippen LogP contribution in [-0.4, -0.2) is 10.9 Å². The molecule has 3 heteroatoms. The Morgan fingerprint density at radius 2 is 1.70 bits per heavy atom. The average Bonchev–Trinajstić information content (AvgIpc) is 2.67. The van der Waals surface area contributed by atoms with Crippen molar-refractivity contribution < 1.29 is 4.79 Å². The SMILES string of the molecule is CC(C)(C)c1ccc(NC(=O)c2cccc(C#Cc3ccccn3)c2)cc1. The van der Waals surface area contributed by atoms with Crippen LogP contribution in [0, 0.1) is 11.8 Å². The molecule has 0 aliphatic rings. The third-order valence-electron chi connectivity index (χ3n) is 4.13. The highest BCUT2D eigenvalue weighted by Crippen LogP contribution is 2.23. The fourth-order valence-corrected chi connectivity index (χ4v) is 2.57. The van der Waals surface area contributed by atoms with Crippen LogP contribution in [0.2, 0.25) is 0 Å². The van der Waals surface area contributed by atoms with Gasteiger partial charge >= 0.3 is 0 Å². The second-order valence-electron chi connectivity index (χ2n) is 7.33. The smallest absolute Gasteiger partial charge is 0.255 e. The summed E-state index contributed by atoms with van der Waals surface area (Å²) in [5.41, 5.74) is 4.14. The van der Waals surface area contributed by atoms with Crippen molar-refractivity contribution in [2.45, 2.75) is 26.2 Å². The first kappa shape index (κ1) is 18.4. The Morgan fingerprint density at radius 1 is 0.926 bits per heavy atom. The minimum atomic E-state index is -0.153. The monoisotopic (exact) mass is 354 g/mol. The maximum Gasteiger partial charge on any atom is 0.255 e. The van der Waals surface area contributed by atoms with Crippen molar-refractivity contribution in [2.24, 2.45) is 0 Å². The summed E-state index contributed by atoms with van der Waals surface area (Å²) in [5, 5.41) is 2.94. The van der Waals surface area contributed by atoms with E-state index < -0.39 is 0 Å². The van der Waals surface area contributed by atoms with Crippen LogP contribution >= 0.6 is 0 Å². The number of amides is 1. The number of nitrogens with one attached hydrogen (secondary N) is 1. The van der Waals surface area contributed by atoms with Crippen LogP contribution in [0.1, 0.15) is 48.0 Å². The molecule has 1 amide bonds. The van der Waals surface area contributed by atoms with Crippen molar-refractivity contribution in [1.29, 1.82) is 0 Å². The normalized spacial score (nSPS) is 10.6. The number of hydrogen-bond donors (Lipinski definition) is 1. The first-order chi connectivity index (χ1) is 12.9. The zero-order chi connectivity index (χ0) is 19.3. The maximum absolute atomic E-state index is 12.6. The molecule has 2 aromatic carbocycles. The van der Waals surface area contributed by atoms with E-state index in [0.717, 1.165) is 11.3 Å². The summed E-state index contributed by atoms with van der Waals surface area (Å²) in [4.78, 5) is 16.7. The predicted molar refractivity (Wildman–Crippen MR) is 110 cm³/mol. The molecule has 3 nitrogen and oxygen atoms in total. The zero-order valence-corrected chi connectivity index (χ0v) is 15.8. The quantitative estimate of drug-likeness (QED) is 0.656. The summed E-state index contributed by atoms with van der Waals surface area (Å²) in [6, 6.07) is 20.8. The molecule has 0 saturated heterocycles. The van der Waals surface area contributed by atoms with Crippen molar-refractivity contribution in [3.8, 4) is 11.8 Å². The van der Waals surface area contributed by atoms with E-state index >= 15 is 0 Å². The lowest BCUT2D eigenvalue weighted by Crippen LogP contribution is -2.13. The van der Waals surface area contributed by atoms with Crippen LogP contribution < -0.4 is 5.32 Å². The standard InChI is InChI=1S/C24H22N2O/c1-24(2,3)20-11-14-22(15-12-20)26-23(27)19-8-6-7-18(17-19)10-13-21-9-4-5-16-25-21/h4-9,11-12,14-17H,1-3H3,(H,26,27). The number of aromatic nitrogens is 1. The second kappa shape index (κ2) is 7.88. The predicted octanol–water partition coefficient (Wildman–Crippen LogP) is 5.03.